The summed E-state index contributed by atoms with van der Waals surface area (Å²) < 4.78 is 5.57. The number of dihydropyridines is 1. The Kier molecular flexibility index (Phi) is 6.60. The maximum atomic E-state index is 13.5. The molecule has 0 spiro atoms. The van der Waals surface area contributed by atoms with Crippen LogP contribution in [0, 0.1) is 0 Å². The molecule has 0 aromatic heterocycles. The summed E-state index contributed by atoms with van der Waals surface area (Å²) in [5, 5.41) is 9.24. The molecule has 1 amide bonds. The minimum atomic E-state index is -0.650. The van der Waals surface area contributed by atoms with Crippen LogP contribution in [0.1, 0.15) is 32.8 Å². The van der Waals surface area contributed by atoms with Crippen molar-refractivity contribution in [2.45, 2.75) is 45.0 Å². The van der Waals surface area contributed by atoms with Crippen LogP contribution in [0.3, 0.4) is 0 Å². The van der Waals surface area contributed by atoms with Crippen molar-refractivity contribution in [2.75, 3.05) is 13.1 Å². The number of carbonyl (C=O) groups is 2. The third kappa shape index (κ3) is 5.45. The smallest absolute Gasteiger partial charge is 0.410 e. The molecule has 190 valence electrons. The first-order valence-corrected chi connectivity index (χ1v) is 12.3. The Morgan fingerprint density at radius 1 is 1.00 bits per heavy atom. The Morgan fingerprint density at radius 3 is 2.54 bits per heavy atom. The van der Waals surface area contributed by atoms with Crippen molar-refractivity contribution in [1.29, 1.82) is 0 Å². The molecule has 5 rings (SSSR count). The molecule has 2 aromatic carbocycles. The molecule has 0 saturated heterocycles. The zero-order chi connectivity index (χ0) is 26.0. The Bertz CT molecular complexity index is 1310. The summed E-state index contributed by atoms with van der Waals surface area (Å²) in [6, 6.07) is 17.8. The fraction of sp³-hybridized carbons (Fsp3) is 0.321. The molecule has 2 unspecified atom stereocenters. The predicted molar refractivity (Wildman–Crippen MR) is 139 cm³/mol. The first-order chi connectivity index (χ1) is 17.8. The SMILES string of the molecule is CC(C)(C)OC(=O)N1CCC(c2cccc(-c3ccccc3)c2)=C(C(=O)ON2N=NC3C=CC=NC32)C1. The first-order valence-electron chi connectivity index (χ1n) is 12.3. The Morgan fingerprint density at radius 2 is 1.76 bits per heavy atom. The number of benzene rings is 2. The fourth-order valence-electron chi connectivity index (χ4n) is 4.42. The van der Waals surface area contributed by atoms with Crippen LogP contribution in [0.25, 0.3) is 16.7 Å². The normalized spacial score (nSPS) is 20.7. The van der Waals surface area contributed by atoms with E-state index >= 15 is 0 Å². The maximum Gasteiger partial charge on any atom is 0.410 e. The van der Waals surface area contributed by atoms with Gasteiger partial charge in [-0.1, -0.05) is 59.8 Å². The van der Waals surface area contributed by atoms with Gasteiger partial charge in [0.05, 0.1) is 12.1 Å². The number of fused-ring (bicyclic) bond motifs is 1. The summed E-state index contributed by atoms with van der Waals surface area (Å²) >= 11 is 0. The lowest BCUT2D eigenvalue weighted by Gasteiger charge is -2.32. The molecule has 0 bridgehead atoms. The highest BCUT2D eigenvalue weighted by molar-refractivity contribution is 5.99. The minimum absolute atomic E-state index is 0.0564. The van der Waals surface area contributed by atoms with E-state index < -0.39 is 23.8 Å². The maximum absolute atomic E-state index is 13.5. The number of hydroxylamine groups is 1. The van der Waals surface area contributed by atoms with Crippen LogP contribution in [0.4, 0.5) is 4.79 Å². The third-order valence-electron chi connectivity index (χ3n) is 6.18. The molecule has 2 aromatic rings. The molecule has 37 heavy (non-hydrogen) atoms. The van der Waals surface area contributed by atoms with Gasteiger partial charge in [-0.15, -0.1) is 0 Å². The number of rotatable bonds is 4. The van der Waals surface area contributed by atoms with Crippen LogP contribution in [-0.4, -0.2) is 59.2 Å². The van der Waals surface area contributed by atoms with E-state index in [2.05, 4.69) is 21.4 Å². The molecule has 3 aliphatic heterocycles. The van der Waals surface area contributed by atoms with Crippen LogP contribution < -0.4 is 0 Å². The summed E-state index contributed by atoms with van der Waals surface area (Å²) in [6.45, 7) is 5.91. The van der Waals surface area contributed by atoms with Crippen molar-refractivity contribution in [3.8, 4) is 11.1 Å². The van der Waals surface area contributed by atoms with Crippen LogP contribution >= 0.6 is 0 Å². The number of amides is 1. The van der Waals surface area contributed by atoms with Gasteiger partial charge in [-0.3, -0.25) is 4.99 Å². The lowest BCUT2D eigenvalue weighted by atomic mass is 9.91. The van der Waals surface area contributed by atoms with E-state index in [-0.39, 0.29) is 12.6 Å². The second-order valence-corrected chi connectivity index (χ2v) is 10.0. The largest absolute Gasteiger partial charge is 0.444 e. The average Bonchev–Trinajstić information content (AvgIpc) is 3.30. The van der Waals surface area contributed by atoms with Gasteiger partial charge in [0.1, 0.15) is 11.6 Å². The van der Waals surface area contributed by atoms with Crippen molar-refractivity contribution < 1.29 is 19.2 Å². The van der Waals surface area contributed by atoms with Gasteiger partial charge >= 0.3 is 12.1 Å². The van der Waals surface area contributed by atoms with Crippen LogP contribution in [-0.2, 0) is 14.4 Å². The summed E-state index contributed by atoms with van der Waals surface area (Å²) in [6.07, 6.45) is 4.72. The van der Waals surface area contributed by atoms with E-state index in [0.29, 0.717) is 18.5 Å². The third-order valence-corrected chi connectivity index (χ3v) is 6.18. The highest BCUT2D eigenvalue weighted by Gasteiger charge is 2.37. The van der Waals surface area contributed by atoms with Crippen LogP contribution in [0.5, 0.6) is 0 Å². The lowest BCUT2D eigenvalue weighted by Crippen LogP contribution is -2.43. The van der Waals surface area contributed by atoms with Crippen molar-refractivity contribution in [1.82, 2.24) is 10.1 Å². The van der Waals surface area contributed by atoms with Gasteiger partial charge in [-0.25, -0.2) is 9.59 Å². The molecule has 2 atom stereocenters. The van der Waals surface area contributed by atoms with E-state index in [1.807, 2.05) is 75.4 Å². The molecule has 0 aliphatic carbocycles. The number of hydrogen-bond donors (Lipinski definition) is 0. The Hall–Kier alpha value is -4.27. The van der Waals surface area contributed by atoms with Gasteiger partial charge in [0, 0.05) is 12.8 Å². The number of aliphatic imine (C=N–C) groups is 1. The molecule has 0 fully saturated rings. The number of ether oxygens (including phenoxy) is 1. The molecule has 3 aliphatic rings. The molecule has 3 heterocycles. The lowest BCUT2D eigenvalue weighted by molar-refractivity contribution is -0.193. The van der Waals surface area contributed by atoms with Gasteiger partial charge in [0.25, 0.3) is 0 Å². The number of carbonyl (C=O) groups excluding carboxylic acids is 2. The average molecular weight is 500 g/mol. The highest BCUT2D eigenvalue weighted by Crippen LogP contribution is 2.33. The highest BCUT2D eigenvalue weighted by atomic mass is 16.7. The number of nitrogens with zero attached hydrogens (tertiary/aromatic N) is 5. The molecular formula is C28H29N5O4. The van der Waals surface area contributed by atoms with Crippen molar-refractivity contribution >= 4 is 23.9 Å². The van der Waals surface area contributed by atoms with E-state index in [0.717, 1.165) is 27.4 Å². The summed E-state index contributed by atoms with van der Waals surface area (Å²) in [7, 11) is 0. The van der Waals surface area contributed by atoms with E-state index in [1.165, 1.54) is 4.90 Å². The van der Waals surface area contributed by atoms with Crippen molar-refractivity contribution in [3.05, 3.63) is 77.9 Å². The van der Waals surface area contributed by atoms with Gasteiger partial charge < -0.3 is 14.5 Å². The topological polar surface area (TPSA) is 96.2 Å². The standard InChI is InChI=1S/C28H29N5O4/c1-28(2,3)36-27(35)32-16-14-22(21-12-7-11-20(17-21)19-9-5-4-6-10-19)23(18-32)26(34)37-33-25-24(30-31-33)13-8-15-29-25/h4-13,15,17,24-25H,14,16,18H2,1-3H3. The number of hydrogen-bond acceptors (Lipinski definition) is 8. The zero-order valence-corrected chi connectivity index (χ0v) is 21.1. The molecule has 0 N–H and O–H groups in total. The summed E-state index contributed by atoms with van der Waals surface area (Å²) in [5.41, 5.74) is 3.55. The van der Waals surface area contributed by atoms with Gasteiger partial charge in [0.2, 0.25) is 6.17 Å². The summed E-state index contributed by atoms with van der Waals surface area (Å²) in [4.78, 5) is 37.9. The molecule has 9 nitrogen and oxygen atoms in total. The van der Waals surface area contributed by atoms with Gasteiger partial charge in [-0.05, 0) is 66.8 Å². The number of allylic oxidation sites excluding steroid dienone is 1. The second-order valence-electron chi connectivity index (χ2n) is 10.0. The molecule has 9 heteroatoms. The zero-order valence-electron chi connectivity index (χ0n) is 21.1. The molecule has 0 saturated carbocycles. The fourth-order valence-corrected chi connectivity index (χ4v) is 4.42. The van der Waals surface area contributed by atoms with E-state index in [4.69, 9.17) is 9.57 Å². The van der Waals surface area contributed by atoms with Crippen molar-refractivity contribution in [2.24, 2.45) is 15.3 Å². The second kappa shape index (κ2) is 10.0. The molecular weight excluding hydrogens is 470 g/mol. The summed E-state index contributed by atoms with van der Waals surface area (Å²) in [5.74, 6) is -0.599. The first kappa shape index (κ1) is 24.4. The minimum Gasteiger partial charge on any atom is -0.444 e. The van der Waals surface area contributed by atoms with Crippen molar-refractivity contribution in [3.63, 3.8) is 0 Å². The monoisotopic (exact) mass is 499 g/mol. The molecule has 0 radical (unpaired) electrons. The van der Waals surface area contributed by atoms with E-state index in [1.54, 1.807) is 12.3 Å². The predicted octanol–water partition coefficient (Wildman–Crippen LogP) is 5.22. The van der Waals surface area contributed by atoms with E-state index in [9.17, 15) is 9.59 Å². The quantitative estimate of drug-likeness (QED) is 0.574. The van der Waals surface area contributed by atoms with Gasteiger partial charge in [-0.2, -0.15) is 5.11 Å². The Labute approximate surface area is 215 Å². The van der Waals surface area contributed by atoms with Crippen LogP contribution in [0.15, 0.2) is 87.7 Å². The van der Waals surface area contributed by atoms with Crippen LogP contribution in [0.2, 0.25) is 0 Å². The Balaban J connectivity index is 1.46. The van der Waals surface area contributed by atoms with Gasteiger partial charge in [0.15, 0.2) is 0 Å².